The van der Waals surface area contributed by atoms with Gasteiger partial charge in [0.05, 0.1) is 28.7 Å². The molecule has 0 atom stereocenters. The third kappa shape index (κ3) is 8.03. The monoisotopic (exact) mass is 525 g/mol. The van der Waals surface area contributed by atoms with Gasteiger partial charge in [-0.2, -0.15) is 5.26 Å². The van der Waals surface area contributed by atoms with Crippen LogP contribution in [-0.2, 0) is 9.53 Å². The van der Waals surface area contributed by atoms with Gasteiger partial charge in [-0.15, -0.1) is 0 Å². The molecule has 2 aromatic rings. The van der Waals surface area contributed by atoms with Gasteiger partial charge in [0.15, 0.2) is 0 Å². The summed E-state index contributed by atoms with van der Waals surface area (Å²) in [7, 11) is 0. The average Bonchev–Trinajstić information content (AvgIpc) is 2.95. The highest BCUT2D eigenvalue weighted by atomic mass is 35.5. The molecule has 0 spiro atoms. The van der Waals surface area contributed by atoms with Crippen LogP contribution in [0.25, 0.3) is 11.3 Å². The van der Waals surface area contributed by atoms with Gasteiger partial charge in [-0.1, -0.05) is 36.9 Å². The summed E-state index contributed by atoms with van der Waals surface area (Å²) >= 11 is 6.46. The molecule has 2 saturated heterocycles. The SMILES string of the molecule is N#CC1(CNc2cccc(-c3cc(NC4CCCCC4)ncc3Cl)n2)CCOCC1.O=C1CNCCN1. The van der Waals surface area contributed by atoms with Gasteiger partial charge in [0, 0.05) is 50.7 Å². The van der Waals surface area contributed by atoms with E-state index < -0.39 is 5.41 Å². The number of hydrogen-bond donors (Lipinski definition) is 4. The molecule has 4 N–H and O–H groups in total. The van der Waals surface area contributed by atoms with Crippen LogP contribution in [0.1, 0.15) is 44.9 Å². The lowest BCUT2D eigenvalue weighted by Gasteiger charge is -2.30. The zero-order valence-electron chi connectivity index (χ0n) is 21.2. The second-order valence-electron chi connectivity index (χ2n) is 9.82. The molecule has 3 fully saturated rings. The minimum Gasteiger partial charge on any atom is -0.381 e. The highest BCUT2D eigenvalue weighted by molar-refractivity contribution is 6.33. The van der Waals surface area contributed by atoms with Crippen LogP contribution < -0.4 is 21.3 Å². The second kappa shape index (κ2) is 13.6. The van der Waals surface area contributed by atoms with Crippen LogP contribution in [0.4, 0.5) is 11.6 Å². The van der Waals surface area contributed by atoms with Crippen molar-refractivity contribution in [3.8, 4) is 17.3 Å². The molecular formula is C27H36ClN7O2. The number of carbonyl (C=O) groups excluding carboxylic acids is 1. The van der Waals surface area contributed by atoms with E-state index in [9.17, 15) is 10.1 Å². The number of ether oxygens (including phenoxy) is 1. The third-order valence-electron chi connectivity index (χ3n) is 7.04. The van der Waals surface area contributed by atoms with Gasteiger partial charge in [0.25, 0.3) is 0 Å². The van der Waals surface area contributed by atoms with E-state index in [4.69, 9.17) is 21.3 Å². The van der Waals surface area contributed by atoms with E-state index in [1.807, 2.05) is 24.3 Å². The standard InChI is InChI=1S/C23H28ClN5O.C4H8N2O/c24-19-14-26-22(28-17-5-2-1-3-6-17)13-18(19)20-7-4-8-21(29-20)27-16-23(15-25)9-11-30-12-10-23;7-4-3-5-1-2-6-4/h4,7-8,13-14,17H,1-3,5-6,9-12,16H2,(H,26,28)(H,27,29);5H,1-3H2,(H,6,7). The molecule has 1 saturated carbocycles. The number of piperazine rings is 1. The summed E-state index contributed by atoms with van der Waals surface area (Å²) in [5.74, 6) is 1.68. The van der Waals surface area contributed by atoms with Crippen LogP contribution >= 0.6 is 11.6 Å². The predicted octanol–water partition coefficient (Wildman–Crippen LogP) is 3.98. The zero-order valence-corrected chi connectivity index (χ0v) is 21.9. The van der Waals surface area contributed by atoms with E-state index in [2.05, 4.69) is 32.3 Å². The van der Waals surface area contributed by atoms with Crippen molar-refractivity contribution in [1.82, 2.24) is 20.6 Å². The quantitative estimate of drug-likeness (QED) is 0.446. The first kappa shape index (κ1) is 27.1. The summed E-state index contributed by atoms with van der Waals surface area (Å²) in [4.78, 5) is 19.5. The Morgan fingerprint density at radius 3 is 2.65 bits per heavy atom. The van der Waals surface area contributed by atoms with Crippen molar-refractivity contribution < 1.29 is 9.53 Å². The molecule has 2 aromatic heterocycles. The Kier molecular flexibility index (Phi) is 9.94. The van der Waals surface area contributed by atoms with Gasteiger partial charge in [0.2, 0.25) is 5.91 Å². The van der Waals surface area contributed by atoms with E-state index in [0.29, 0.717) is 37.4 Å². The molecule has 3 aliphatic rings. The number of nitrogens with zero attached hydrogens (tertiary/aromatic N) is 3. The van der Waals surface area contributed by atoms with Crippen molar-refractivity contribution in [2.75, 3.05) is 50.0 Å². The van der Waals surface area contributed by atoms with Gasteiger partial charge in [0.1, 0.15) is 11.6 Å². The van der Waals surface area contributed by atoms with Crippen LogP contribution in [0.3, 0.4) is 0 Å². The van der Waals surface area contributed by atoms with E-state index in [0.717, 1.165) is 48.8 Å². The first-order valence-electron chi connectivity index (χ1n) is 13.2. The van der Waals surface area contributed by atoms with Gasteiger partial charge < -0.3 is 26.0 Å². The Morgan fingerprint density at radius 2 is 1.97 bits per heavy atom. The van der Waals surface area contributed by atoms with Gasteiger partial charge in [-0.3, -0.25) is 4.79 Å². The summed E-state index contributed by atoms with van der Waals surface area (Å²) in [6.45, 7) is 3.99. The Labute approximate surface area is 223 Å². The molecule has 4 heterocycles. The topological polar surface area (TPSA) is 124 Å². The normalized spacial score (nSPS) is 19.5. The molecule has 37 heavy (non-hydrogen) atoms. The fourth-order valence-electron chi connectivity index (χ4n) is 4.76. The van der Waals surface area contributed by atoms with Crippen LogP contribution in [0.2, 0.25) is 5.02 Å². The number of amides is 1. The lowest BCUT2D eigenvalue weighted by atomic mass is 9.82. The van der Waals surface area contributed by atoms with Gasteiger partial charge in [-0.05, 0) is 43.9 Å². The van der Waals surface area contributed by atoms with Crippen molar-refractivity contribution in [3.63, 3.8) is 0 Å². The maximum atomic E-state index is 10.3. The summed E-state index contributed by atoms with van der Waals surface area (Å²) in [6.07, 6.45) is 9.39. The lowest BCUT2D eigenvalue weighted by Crippen LogP contribution is -2.44. The number of carbonyl (C=O) groups is 1. The number of hydrogen-bond acceptors (Lipinski definition) is 8. The minimum atomic E-state index is -0.401. The molecule has 2 aliphatic heterocycles. The number of rotatable bonds is 6. The Bertz CT molecular complexity index is 1070. The fourth-order valence-corrected chi connectivity index (χ4v) is 4.96. The molecule has 0 bridgehead atoms. The summed E-state index contributed by atoms with van der Waals surface area (Å²) in [5.41, 5.74) is 1.24. The zero-order chi connectivity index (χ0) is 25.9. The predicted molar refractivity (Wildman–Crippen MR) is 145 cm³/mol. The van der Waals surface area contributed by atoms with Crippen molar-refractivity contribution in [2.24, 2.45) is 5.41 Å². The van der Waals surface area contributed by atoms with Crippen molar-refractivity contribution in [3.05, 3.63) is 35.5 Å². The molecule has 5 rings (SSSR count). The first-order chi connectivity index (χ1) is 18.1. The van der Waals surface area contributed by atoms with E-state index in [1.54, 1.807) is 6.20 Å². The van der Waals surface area contributed by atoms with Crippen LogP contribution in [0.15, 0.2) is 30.5 Å². The van der Waals surface area contributed by atoms with Gasteiger partial charge in [-0.25, -0.2) is 9.97 Å². The molecule has 0 radical (unpaired) electrons. The van der Waals surface area contributed by atoms with E-state index in [1.165, 1.54) is 32.1 Å². The first-order valence-corrected chi connectivity index (χ1v) is 13.5. The van der Waals surface area contributed by atoms with Crippen molar-refractivity contribution >= 4 is 29.1 Å². The highest BCUT2D eigenvalue weighted by Gasteiger charge is 2.32. The van der Waals surface area contributed by atoms with Crippen LogP contribution in [0.5, 0.6) is 0 Å². The Morgan fingerprint density at radius 1 is 1.16 bits per heavy atom. The lowest BCUT2D eigenvalue weighted by molar-refractivity contribution is -0.121. The fraction of sp³-hybridized carbons (Fsp3) is 0.556. The maximum Gasteiger partial charge on any atom is 0.234 e. The van der Waals surface area contributed by atoms with Crippen molar-refractivity contribution in [2.45, 2.75) is 51.0 Å². The largest absolute Gasteiger partial charge is 0.381 e. The molecule has 0 aromatic carbocycles. The number of pyridine rings is 2. The summed E-state index contributed by atoms with van der Waals surface area (Å²) < 4.78 is 5.41. The van der Waals surface area contributed by atoms with Crippen molar-refractivity contribution in [1.29, 1.82) is 5.26 Å². The minimum absolute atomic E-state index is 0.103. The van der Waals surface area contributed by atoms with E-state index >= 15 is 0 Å². The number of nitrogens with one attached hydrogen (secondary N) is 4. The molecule has 0 unspecified atom stereocenters. The number of halogens is 1. The average molecular weight is 526 g/mol. The number of nitriles is 1. The third-order valence-corrected chi connectivity index (χ3v) is 7.34. The molecule has 1 aliphatic carbocycles. The molecule has 9 nitrogen and oxygen atoms in total. The maximum absolute atomic E-state index is 10.3. The Balaban J connectivity index is 0.000000396. The highest BCUT2D eigenvalue weighted by Crippen LogP contribution is 2.32. The number of anilines is 2. The molecule has 198 valence electrons. The molecule has 10 heteroatoms. The molecular weight excluding hydrogens is 490 g/mol. The smallest absolute Gasteiger partial charge is 0.234 e. The van der Waals surface area contributed by atoms with Crippen LogP contribution in [-0.4, -0.2) is 61.3 Å². The second-order valence-corrected chi connectivity index (χ2v) is 10.2. The molecule has 1 amide bonds. The number of aromatic nitrogens is 2. The van der Waals surface area contributed by atoms with Gasteiger partial charge >= 0.3 is 0 Å². The van der Waals surface area contributed by atoms with Crippen LogP contribution in [0, 0.1) is 16.7 Å². The summed E-state index contributed by atoms with van der Waals surface area (Å²) in [5, 5.41) is 22.7. The Hall–Kier alpha value is -2.93. The van der Waals surface area contributed by atoms with E-state index in [-0.39, 0.29) is 5.91 Å². The summed E-state index contributed by atoms with van der Waals surface area (Å²) in [6, 6.07) is 10.8.